The summed E-state index contributed by atoms with van der Waals surface area (Å²) in [5, 5.41) is 2.93. The van der Waals surface area contributed by atoms with Gasteiger partial charge in [0.2, 0.25) is 0 Å². The lowest BCUT2D eigenvalue weighted by atomic mass is 10.2. The van der Waals surface area contributed by atoms with Gasteiger partial charge in [0.25, 0.3) is 0 Å². The molecule has 0 radical (unpaired) electrons. The fourth-order valence-corrected chi connectivity index (χ4v) is 2.53. The monoisotopic (exact) mass is 301 g/mol. The first-order valence-corrected chi connectivity index (χ1v) is 6.57. The number of carbonyl (C=O) groups excluding carboxylic acids is 1. The van der Waals surface area contributed by atoms with Crippen LogP contribution in [-0.2, 0) is 4.74 Å². The number of para-hydroxylation sites is 1. The van der Waals surface area contributed by atoms with Crippen molar-refractivity contribution < 1.29 is 22.7 Å². The van der Waals surface area contributed by atoms with Gasteiger partial charge in [-0.25, -0.2) is 14.6 Å². The van der Waals surface area contributed by atoms with Crippen molar-refractivity contribution in [3.8, 4) is 0 Å². The highest BCUT2D eigenvalue weighted by Crippen LogP contribution is 2.47. The molecule has 21 heavy (non-hydrogen) atoms. The van der Waals surface area contributed by atoms with Crippen LogP contribution in [0.5, 0.6) is 0 Å². The third kappa shape index (κ3) is 2.06. The number of rotatable bonds is 2. The summed E-state index contributed by atoms with van der Waals surface area (Å²) in [6, 6.07) is 3.09. The van der Waals surface area contributed by atoms with E-state index in [2.05, 4.69) is 10.1 Å². The summed E-state index contributed by atoms with van der Waals surface area (Å²) in [6.07, 6.45) is -1.40. The third-order valence-corrected chi connectivity index (χ3v) is 3.60. The molecular formula is C13H14F3N3O2. The van der Waals surface area contributed by atoms with Crippen molar-refractivity contribution in [3.05, 3.63) is 30.3 Å². The Morgan fingerprint density at radius 3 is 2.33 bits per heavy atom. The largest absolute Gasteiger partial charge is 0.423 e. The Labute approximate surface area is 119 Å². The summed E-state index contributed by atoms with van der Waals surface area (Å²) in [4.78, 5) is 12.7. The molecular weight excluding hydrogens is 287 g/mol. The summed E-state index contributed by atoms with van der Waals surface area (Å²) in [7, 11) is 0. The van der Waals surface area contributed by atoms with E-state index in [1.54, 1.807) is 6.07 Å². The zero-order valence-corrected chi connectivity index (χ0v) is 11.1. The van der Waals surface area contributed by atoms with Crippen molar-refractivity contribution in [2.24, 2.45) is 0 Å². The van der Waals surface area contributed by atoms with Gasteiger partial charge in [-0.2, -0.15) is 13.2 Å². The van der Waals surface area contributed by atoms with E-state index in [0.29, 0.717) is 13.1 Å². The molecule has 2 heterocycles. The molecule has 114 valence electrons. The topological polar surface area (TPSA) is 44.8 Å². The second kappa shape index (κ2) is 4.88. The fraction of sp³-hybridized carbons (Fsp3) is 0.462. The van der Waals surface area contributed by atoms with Crippen LogP contribution in [0.15, 0.2) is 30.3 Å². The smallest absolute Gasteiger partial charge is 0.390 e. The van der Waals surface area contributed by atoms with Gasteiger partial charge in [-0.15, -0.1) is 0 Å². The van der Waals surface area contributed by atoms with E-state index >= 15 is 0 Å². The van der Waals surface area contributed by atoms with Gasteiger partial charge in [0.1, 0.15) is 0 Å². The minimum Gasteiger partial charge on any atom is -0.390 e. The van der Waals surface area contributed by atoms with Crippen LogP contribution >= 0.6 is 0 Å². The van der Waals surface area contributed by atoms with E-state index in [0.717, 1.165) is 4.90 Å². The number of piperazine rings is 1. The Kier molecular flexibility index (Phi) is 3.29. The summed E-state index contributed by atoms with van der Waals surface area (Å²) >= 11 is 0. The van der Waals surface area contributed by atoms with E-state index < -0.39 is 18.1 Å². The summed E-state index contributed by atoms with van der Waals surface area (Å²) in [5.74, 6) is -3.46. The molecule has 1 aromatic rings. The molecule has 2 fully saturated rings. The number of cyclic esters (lactones) is 1. The average molecular weight is 301 g/mol. The molecule has 0 aliphatic carbocycles. The summed E-state index contributed by atoms with van der Waals surface area (Å²) in [5.41, 5.74) is -0.109. The van der Waals surface area contributed by atoms with Crippen molar-refractivity contribution in [3.63, 3.8) is 0 Å². The van der Waals surface area contributed by atoms with Crippen LogP contribution in [0.2, 0.25) is 0 Å². The minimum atomic E-state index is -4.11. The molecule has 1 aromatic carbocycles. The number of benzene rings is 1. The molecule has 0 bridgehead atoms. The quantitative estimate of drug-likeness (QED) is 0.846. The Morgan fingerprint density at radius 2 is 1.71 bits per heavy atom. The van der Waals surface area contributed by atoms with Gasteiger partial charge < -0.3 is 10.1 Å². The van der Waals surface area contributed by atoms with E-state index in [1.165, 1.54) is 24.3 Å². The molecule has 2 aliphatic heterocycles. The number of carbonyl (C=O) groups is 1. The van der Waals surface area contributed by atoms with Gasteiger partial charge >= 0.3 is 18.1 Å². The van der Waals surface area contributed by atoms with Gasteiger partial charge in [0.15, 0.2) is 0 Å². The number of alkyl halides is 3. The number of halogens is 3. The van der Waals surface area contributed by atoms with Gasteiger partial charge in [-0.05, 0) is 12.1 Å². The van der Waals surface area contributed by atoms with Crippen LogP contribution in [0.1, 0.15) is 0 Å². The predicted molar refractivity (Wildman–Crippen MR) is 68.6 cm³/mol. The van der Waals surface area contributed by atoms with Crippen molar-refractivity contribution in [2.45, 2.75) is 12.0 Å². The molecule has 0 aromatic heterocycles. The SMILES string of the molecule is O=C1OC(F)(N2CCNCC2)C(F)(F)N1c1ccccc1. The first-order valence-electron chi connectivity index (χ1n) is 6.57. The maximum atomic E-state index is 14.8. The fourth-order valence-electron chi connectivity index (χ4n) is 2.53. The Morgan fingerprint density at radius 1 is 1.10 bits per heavy atom. The molecule has 2 aliphatic rings. The molecule has 8 heteroatoms. The minimum absolute atomic E-state index is 0.0298. The standard InChI is InChI=1S/C13H14F3N3O2/c14-12(15)13(16,18-8-6-17-7-9-18)21-11(20)19(12)10-4-2-1-3-5-10/h1-5,17H,6-9H2. The second-order valence-corrected chi connectivity index (χ2v) is 4.88. The predicted octanol–water partition coefficient (Wildman–Crippen LogP) is 1.76. The lowest BCUT2D eigenvalue weighted by molar-refractivity contribution is -0.294. The summed E-state index contributed by atoms with van der Waals surface area (Å²) < 4.78 is 48.3. The highest BCUT2D eigenvalue weighted by molar-refractivity contribution is 5.91. The van der Waals surface area contributed by atoms with Crippen LogP contribution in [0.3, 0.4) is 0 Å². The van der Waals surface area contributed by atoms with Crippen LogP contribution in [-0.4, -0.2) is 49.2 Å². The van der Waals surface area contributed by atoms with E-state index in [9.17, 15) is 18.0 Å². The molecule has 1 amide bonds. The highest BCUT2D eigenvalue weighted by Gasteiger charge is 2.73. The number of hydrogen-bond acceptors (Lipinski definition) is 4. The number of anilines is 1. The number of ether oxygens (including phenoxy) is 1. The molecule has 5 nitrogen and oxygen atoms in total. The Bertz CT molecular complexity index is 537. The highest BCUT2D eigenvalue weighted by atomic mass is 19.3. The number of nitrogens with one attached hydrogen (secondary N) is 1. The van der Waals surface area contributed by atoms with Crippen molar-refractivity contribution in [1.29, 1.82) is 0 Å². The van der Waals surface area contributed by atoms with Crippen molar-refractivity contribution in [1.82, 2.24) is 10.2 Å². The lowest BCUT2D eigenvalue weighted by Gasteiger charge is -2.38. The zero-order chi connectivity index (χ0) is 15.1. The van der Waals surface area contributed by atoms with Gasteiger partial charge in [0, 0.05) is 26.2 Å². The maximum Gasteiger partial charge on any atom is 0.423 e. The van der Waals surface area contributed by atoms with Gasteiger partial charge in [-0.3, -0.25) is 0 Å². The van der Waals surface area contributed by atoms with Crippen LogP contribution in [0.25, 0.3) is 0 Å². The van der Waals surface area contributed by atoms with E-state index in [4.69, 9.17) is 0 Å². The molecule has 3 rings (SSSR count). The number of hydrogen-bond donors (Lipinski definition) is 1. The molecule has 0 spiro atoms. The third-order valence-electron chi connectivity index (χ3n) is 3.60. The lowest BCUT2D eigenvalue weighted by Crippen LogP contribution is -2.63. The molecule has 1 unspecified atom stereocenters. The average Bonchev–Trinajstić information content (AvgIpc) is 2.67. The van der Waals surface area contributed by atoms with E-state index in [1.807, 2.05) is 0 Å². The second-order valence-electron chi connectivity index (χ2n) is 4.88. The summed E-state index contributed by atoms with van der Waals surface area (Å²) in [6.45, 7) is 0.763. The Hall–Kier alpha value is -1.80. The molecule has 2 saturated heterocycles. The van der Waals surface area contributed by atoms with Crippen molar-refractivity contribution >= 4 is 11.8 Å². The Balaban J connectivity index is 1.96. The van der Waals surface area contributed by atoms with E-state index in [-0.39, 0.29) is 23.7 Å². The number of amides is 1. The normalized spacial score (nSPS) is 29.5. The number of nitrogens with zero attached hydrogens (tertiary/aromatic N) is 2. The zero-order valence-electron chi connectivity index (χ0n) is 11.1. The molecule has 0 saturated carbocycles. The van der Waals surface area contributed by atoms with Crippen LogP contribution < -0.4 is 10.2 Å². The first kappa shape index (κ1) is 14.2. The van der Waals surface area contributed by atoms with Crippen LogP contribution in [0.4, 0.5) is 23.7 Å². The maximum absolute atomic E-state index is 14.8. The van der Waals surface area contributed by atoms with Gasteiger partial charge in [0.05, 0.1) is 5.69 Å². The molecule has 1 N–H and O–H groups in total. The van der Waals surface area contributed by atoms with Gasteiger partial charge in [-0.1, -0.05) is 18.2 Å². The first-order chi connectivity index (χ1) is 9.97. The van der Waals surface area contributed by atoms with Crippen molar-refractivity contribution in [2.75, 3.05) is 31.1 Å². The van der Waals surface area contributed by atoms with Crippen LogP contribution in [0, 0.1) is 0 Å². The molecule has 1 atom stereocenters.